The summed E-state index contributed by atoms with van der Waals surface area (Å²) in [5, 5.41) is 12.4. The largest absolute Gasteiger partial charge is 0.350 e. The molecule has 1 atom stereocenters. The maximum atomic E-state index is 12.8. The Balaban J connectivity index is 1.72. The van der Waals surface area contributed by atoms with Crippen LogP contribution in [0.25, 0.3) is 0 Å². The number of sulfonamides is 1. The lowest BCUT2D eigenvalue weighted by atomic mass is 10.1. The predicted molar refractivity (Wildman–Crippen MR) is 111 cm³/mol. The van der Waals surface area contributed by atoms with Gasteiger partial charge >= 0.3 is 0 Å². The Kier molecular flexibility index (Phi) is 6.42. The Morgan fingerprint density at radius 3 is 2.24 bits per heavy atom. The molecule has 0 aliphatic carbocycles. The van der Waals surface area contributed by atoms with Crippen molar-refractivity contribution >= 4 is 33.2 Å². The summed E-state index contributed by atoms with van der Waals surface area (Å²) in [5.74, 6) is -0.710. The summed E-state index contributed by atoms with van der Waals surface area (Å²) in [7, 11) is -3.77. The summed E-state index contributed by atoms with van der Waals surface area (Å²) in [5.41, 5.74) is 1.35. The Morgan fingerprint density at radius 2 is 1.66 bits per heavy atom. The Hall–Kier alpha value is -3.01. The van der Waals surface area contributed by atoms with E-state index in [2.05, 4.69) is 10.6 Å². The number of hydrogen-bond acceptors (Lipinski definition) is 5. The van der Waals surface area contributed by atoms with Crippen LogP contribution in [-0.4, -0.2) is 20.2 Å². The van der Waals surface area contributed by atoms with Crippen LogP contribution in [0.4, 0.5) is 0 Å². The molecule has 4 N–H and O–H groups in total. The monoisotopic (exact) mass is 429 g/mol. The average molecular weight is 430 g/mol. The first-order chi connectivity index (χ1) is 13.8. The van der Waals surface area contributed by atoms with Gasteiger partial charge in [0, 0.05) is 6.54 Å². The molecule has 0 unspecified atom stereocenters. The Morgan fingerprint density at radius 1 is 0.966 bits per heavy atom. The van der Waals surface area contributed by atoms with E-state index in [-0.39, 0.29) is 23.3 Å². The van der Waals surface area contributed by atoms with Gasteiger partial charge in [-0.1, -0.05) is 48.5 Å². The number of nitrogens with one attached hydrogen (secondary N) is 2. The molecule has 3 aromatic rings. The first kappa shape index (κ1) is 20.7. The maximum Gasteiger partial charge on any atom is 0.262 e. The first-order valence-electron chi connectivity index (χ1n) is 8.63. The third kappa shape index (κ3) is 5.50. The second-order valence-electron chi connectivity index (χ2n) is 6.20. The van der Waals surface area contributed by atoms with Crippen molar-refractivity contribution in [2.24, 2.45) is 5.14 Å². The maximum absolute atomic E-state index is 12.8. The van der Waals surface area contributed by atoms with E-state index < -0.39 is 16.1 Å². The molecule has 0 bridgehead atoms. The molecule has 1 heterocycles. The van der Waals surface area contributed by atoms with Crippen LogP contribution in [0.1, 0.15) is 26.8 Å². The van der Waals surface area contributed by atoms with E-state index >= 15 is 0 Å². The van der Waals surface area contributed by atoms with Gasteiger partial charge in [0.25, 0.3) is 5.91 Å². The van der Waals surface area contributed by atoms with Crippen LogP contribution in [0.15, 0.2) is 77.0 Å². The summed E-state index contributed by atoms with van der Waals surface area (Å²) >= 11 is 1.29. The molecule has 0 aliphatic heterocycles. The van der Waals surface area contributed by atoms with Crippen molar-refractivity contribution in [1.29, 1.82) is 0 Å². The average Bonchev–Trinajstić information content (AvgIpc) is 3.25. The molecule has 0 fully saturated rings. The van der Waals surface area contributed by atoms with E-state index in [4.69, 9.17) is 5.14 Å². The van der Waals surface area contributed by atoms with Crippen molar-refractivity contribution in [3.8, 4) is 0 Å². The smallest absolute Gasteiger partial charge is 0.262 e. The minimum Gasteiger partial charge on any atom is -0.350 e. The fraction of sp³-hybridized carbons (Fsp3) is 0.100. The summed E-state index contributed by atoms with van der Waals surface area (Å²) in [4.78, 5) is 25.8. The van der Waals surface area contributed by atoms with Crippen LogP contribution in [-0.2, 0) is 21.4 Å². The summed E-state index contributed by atoms with van der Waals surface area (Å²) in [6, 6.07) is 17.4. The minimum atomic E-state index is -3.77. The van der Waals surface area contributed by atoms with E-state index in [0.717, 1.165) is 0 Å². The third-order valence-electron chi connectivity index (χ3n) is 4.13. The van der Waals surface area contributed by atoms with E-state index in [1.807, 2.05) is 6.07 Å². The zero-order valence-corrected chi connectivity index (χ0v) is 16.9. The van der Waals surface area contributed by atoms with Crippen molar-refractivity contribution < 1.29 is 18.0 Å². The minimum absolute atomic E-state index is 0.00190. The summed E-state index contributed by atoms with van der Waals surface area (Å²) in [6.45, 7) is 0.169. The molecule has 2 amide bonds. The second-order valence-corrected chi connectivity index (χ2v) is 8.71. The van der Waals surface area contributed by atoms with Gasteiger partial charge in [-0.2, -0.15) is 0 Å². The van der Waals surface area contributed by atoms with Crippen molar-refractivity contribution in [1.82, 2.24) is 10.6 Å². The van der Waals surface area contributed by atoms with Crippen LogP contribution >= 0.6 is 11.3 Å². The van der Waals surface area contributed by atoms with Crippen LogP contribution in [0.2, 0.25) is 0 Å². The van der Waals surface area contributed by atoms with Crippen molar-refractivity contribution in [2.45, 2.75) is 17.5 Å². The quantitative estimate of drug-likeness (QED) is 0.533. The van der Waals surface area contributed by atoms with Crippen molar-refractivity contribution in [3.63, 3.8) is 0 Å². The molecule has 3 rings (SSSR count). The summed E-state index contributed by atoms with van der Waals surface area (Å²) < 4.78 is 22.7. The topological polar surface area (TPSA) is 118 Å². The Labute approximate surface area is 172 Å². The first-order valence-corrected chi connectivity index (χ1v) is 11.1. The molecular formula is C20H19N3O4S2. The number of primary sulfonamides is 1. The van der Waals surface area contributed by atoms with Crippen molar-refractivity contribution in [3.05, 3.63) is 88.1 Å². The number of hydrogen-bond donors (Lipinski definition) is 3. The number of thiophene rings is 1. The zero-order chi connectivity index (χ0) is 20.9. The van der Waals surface area contributed by atoms with Gasteiger partial charge in [-0.15, -0.1) is 11.3 Å². The molecule has 0 radical (unpaired) electrons. The highest BCUT2D eigenvalue weighted by molar-refractivity contribution is 7.89. The molecule has 0 spiro atoms. The molecule has 7 nitrogen and oxygen atoms in total. The van der Waals surface area contributed by atoms with E-state index in [1.165, 1.54) is 23.5 Å². The van der Waals surface area contributed by atoms with Crippen LogP contribution in [0.3, 0.4) is 0 Å². The molecule has 150 valence electrons. The molecule has 2 aromatic carbocycles. The third-order valence-corrected chi connectivity index (χ3v) is 5.93. The van der Waals surface area contributed by atoms with Gasteiger partial charge < -0.3 is 10.6 Å². The van der Waals surface area contributed by atoms with Crippen LogP contribution < -0.4 is 15.8 Å². The molecule has 0 aliphatic rings. The van der Waals surface area contributed by atoms with Gasteiger partial charge in [0.2, 0.25) is 15.9 Å². The SMILES string of the molecule is NS(=O)(=O)c1ccc(CNC(=O)[C@H](NC(=O)c2cccs2)c2ccccc2)cc1. The molecule has 0 saturated heterocycles. The van der Waals surface area contributed by atoms with E-state index in [9.17, 15) is 18.0 Å². The van der Waals surface area contributed by atoms with Crippen LogP contribution in [0, 0.1) is 0 Å². The van der Waals surface area contributed by atoms with Gasteiger partial charge in [0.05, 0.1) is 9.77 Å². The fourth-order valence-electron chi connectivity index (χ4n) is 2.64. The lowest BCUT2D eigenvalue weighted by Crippen LogP contribution is -2.40. The molecule has 1 aromatic heterocycles. The molecule has 0 saturated carbocycles. The number of carbonyl (C=O) groups excluding carboxylic acids is 2. The highest BCUT2D eigenvalue weighted by atomic mass is 32.2. The summed E-state index contributed by atoms with van der Waals surface area (Å²) in [6.07, 6.45) is 0. The highest BCUT2D eigenvalue weighted by Gasteiger charge is 2.23. The van der Waals surface area contributed by atoms with E-state index in [0.29, 0.717) is 16.0 Å². The molecule has 29 heavy (non-hydrogen) atoms. The number of amides is 2. The van der Waals surface area contributed by atoms with Crippen molar-refractivity contribution in [2.75, 3.05) is 0 Å². The predicted octanol–water partition coefficient (Wildman–Crippen LogP) is 2.18. The second kappa shape index (κ2) is 8.99. The van der Waals surface area contributed by atoms with Gasteiger partial charge in [0.15, 0.2) is 0 Å². The van der Waals surface area contributed by atoms with Gasteiger partial charge in [-0.05, 0) is 34.7 Å². The zero-order valence-electron chi connectivity index (χ0n) is 15.2. The van der Waals surface area contributed by atoms with Gasteiger partial charge in [0.1, 0.15) is 6.04 Å². The molecular weight excluding hydrogens is 410 g/mol. The van der Waals surface area contributed by atoms with E-state index in [1.54, 1.807) is 53.9 Å². The standard InChI is InChI=1S/C20H19N3O4S2/c21-29(26,27)16-10-8-14(9-11-16)13-22-20(25)18(15-5-2-1-3-6-15)23-19(24)17-7-4-12-28-17/h1-12,18H,13H2,(H,22,25)(H,23,24)(H2,21,26,27)/t18-/m1/s1. The van der Waals surface area contributed by atoms with Gasteiger partial charge in [-0.25, -0.2) is 13.6 Å². The fourth-order valence-corrected chi connectivity index (χ4v) is 3.79. The highest BCUT2D eigenvalue weighted by Crippen LogP contribution is 2.16. The molecule has 9 heteroatoms. The lowest BCUT2D eigenvalue weighted by molar-refractivity contribution is -0.123. The number of nitrogens with two attached hydrogens (primary N) is 1. The number of benzene rings is 2. The normalized spacial score (nSPS) is 12.2. The van der Waals surface area contributed by atoms with Gasteiger partial charge in [-0.3, -0.25) is 9.59 Å². The number of carbonyl (C=O) groups is 2. The Bertz CT molecular complexity index is 1080. The van der Waals surface area contributed by atoms with Crippen LogP contribution in [0.5, 0.6) is 0 Å². The lowest BCUT2D eigenvalue weighted by Gasteiger charge is -2.18. The number of rotatable bonds is 7.